The summed E-state index contributed by atoms with van der Waals surface area (Å²) >= 11 is 5.83. The maximum absolute atomic E-state index is 9.30. The average Bonchev–Trinajstić information content (AvgIpc) is 2.40. The first-order chi connectivity index (χ1) is 8.75. The molecule has 0 saturated carbocycles. The third-order valence-corrected chi connectivity index (χ3v) is 3.06. The van der Waals surface area contributed by atoms with Gasteiger partial charge >= 0.3 is 0 Å². The van der Waals surface area contributed by atoms with Crippen molar-refractivity contribution >= 4 is 17.3 Å². The first-order valence-electron chi connectivity index (χ1n) is 6.02. The van der Waals surface area contributed by atoms with Crippen LogP contribution in [0.1, 0.15) is 12.0 Å². The van der Waals surface area contributed by atoms with E-state index in [-0.39, 0.29) is 5.75 Å². The Labute approximate surface area is 112 Å². The van der Waals surface area contributed by atoms with Crippen molar-refractivity contribution in [3.63, 3.8) is 0 Å². The van der Waals surface area contributed by atoms with E-state index in [2.05, 4.69) is 29.6 Å². The fourth-order valence-electron chi connectivity index (χ4n) is 1.79. The predicted molar refractivity (Wildman–Crippen MR) is 76.4 cm³/mol. The standard InChI is InChI=1S/C15H16ClNO/c16-14-11-13(8-9-15(14)18)17-10-4-7-12-5-2-1-3-6-12/h1-3,5-6,8-9,11,17-18H,4,7,10H2. The Morgan fingerprint density at radius 3 is 2.56 bits per heavy atom. The molecule has 3 heteroatoms. The molecule has 0 unspecified atom stereocenters. The largest absolute Gasteiger partial charge is 0.506 e. The Morgan fingerprint density at radius 2 is 1.83 bits per heavy atom. The molecular formula is C15H16ClNO. The maximum atomic E-state index is 9.30. The highest BCUT2D eigenvalue weighted by Crippen LogP contribution is 2.25. The zero-order valence-electron chi connectivity index (χ0n) is 10.1. The lowest BCUT2D eigenvalue weighted by Crippen LogP contribution is -2.02. The fourth-order valence-corrected chi connectivity index (χ4v) is 1.97. The molecular weight excluding hydrogens is 246 g/mol. The third-order valence-electron chi connectivity index (χ3n) is 2.76. The predicted octanol–water partition coefficient (Wildman–Crippen LogP) is 4.09. The van der Waals surface area contributed by atoms with E-state index in [4.69, 9.17) is 11.6 Å². The highest BCUT2D eigenvalue weighted by molar-refractivity contribution is 6.32. The molecule has 0 aliphatic heterocycles. The van der Waals surface area contributed by atoms with Crippen LogP contribution >= 0.6 is 11.6 Å². The average molecular weight is 262 g/mol. The monoisotopic (exact) mass is 261 g/mol. The Morgan fingerprint density at radius 1 is 1.06 bits per heavy atom. The zero-order chi connectivity index (χ0) is 12.8. The molecule has 0 aliphatic rings. The summed E-state index contributed by atoms with van der Waals surface area (Å²) in [6.07, 6.45) is 2.11. The number of anilines is 1. The van der Waals surface area contributed by atoms with E-state index < -0.39 is 0 Å². The van der Waals surface area contributed by atoms with Gasteiger partial charge in [0.15, 0.2) is 0 Å². The molecule has 0 atom stereocenters. The second-order valence-electron chi connectivity index (χ2n) is 4.18. The van der Waals surface area contributed by atoms with Crippen molar-refractivity contribution < 1.29 is 5.11 Å². The molecule has 0 radical (unpaired) electrons. The molecule has 2 nitrogen and oxygen atoms in total. The van der Waals surface area contributed by atoms with Crippen LogP contribution in [-0.4, -0.2) is 11.7 Å². The number of halogens is 1. The second-order valence-corrected chi connectivity index (χ2v) is 4.59. The summed E-state index contributed by atoms with van der Waals surface area (Å²) in [7, 11) is 0. The lowest BCUT2D eigenvalue weighted by atomic mass is 10.1. The van der Waals surface area contributed by atoms with E-state index in [1.807, 2.05) is 12.1 Å². The van der Waals surface area contributed by atoms with Gasteiger partial charge in [-0.1, -0.05) is 41.9 Å². The van der Waals surface area contributed by atoms with Crippen LogP contribution in [0, 0.1) is 0 Å². The van der Waals surface area contributed by atoms with Gasteiger partial charge in [0, 0.05) is 12.2 Å². The maximum Gasteiger partial charge on any atom is 0.134 e. The Bertz CT molecular complexity index is 499. The van der Waals surface area contributed by atoms with Gasteiger partial charge in [-0.05, 0) is 36.6 Å². The molecule has 0 bridgehead atoms. The number of phenols is 1. The van der Waals surface area contributed by atoms with Crippen molar-refractivity contribution in [2.45, 2.75) is 12.8 Å². The van der Waals surface area contributed by atoms with E-state index in [1.165, 1.54) is 5.56 Å². The molecule has 0 saturated heterocycles. The minimum atomic E-state index is 0.117. The van der Waals surface area contributed by atoms with Gasteiger partial charge in [0.2, 0.25) is 0 Å². The fraction of sp³-hybridized carbons (Fsp3) is 0.200. The first kappa shape index (κ1) is 12.8. The van der Waals surface area contributed by atoms with E-state index in [0.717, 1.165) is 25.1 Å². The minimum absolute atomic E-state index is 0.117. The normalized spacial score (nSPS) is 10.3. The van der Waals surface area contributed by atoms with Crippen molar-refractivity contribution in [2.75, 3.05) is 11.9 Å². The van der Waals surface area contributed by atoms with Gasteiger partial charge in [-0.2, -0.15) is 0 Å². The lowest BCUT2D eigenvalue weighted by Gasteiger charge is -2.07. The van der Waals surface area contributed by atoms with Gasteiger partial charge in [0.1, 0.15) is 5.75 Å². The van der Waals surface area contributed by atoms with E-state index >= 15 is 0 Å². The Kier molecular flexibility index (Phi) is 4.48. The Hall–Kier alpha value is -1.67. The summed E-state index contributed by atoms with van der Waals surface area (Å²) in [6, 6.07) is 15.6. The number of aryl methyl sites for hydroxylation is 1. The van der Waals surface area contributed by atoms with Crippen LogP contribution in [0.3, 0.4) is 0 Å². The van der Waals surface area contributed by atoms with Gasteiger partial charge < -0.3 is 10.4 Å². The van der Waals surface area contributed by atoms with Crippen molar-refractivity contribution in [3.8, 4) is 5.75 Å². The molecule has 2 aromatic carbocycles. The molecule has 18 heavy (non-hydrogen) atoms. The molecule has 0 aromatic heterocycles. The smallest absolute Gasteiger partial charge is 0.134 e. The van der Waals surface area contributed by atoms with Crippen LogP contribution in [0.2, 0.25) is 5.02 Å². The van der Waals surface area contributed by atoms with Crippen LogP contribution in [0.4, 0.5) is 5.69 Å². The number of nitrogens with one attached hydrogen (secondary N) is 1. The lowest BCUT2D eigenvalue weighted by molar-refractivity contribution is 0.475. The molecule has 94 valence electrons. The molecule has 0 amide bonds. The van der Waals surface area contributed by atoms with Crippen molar-refractivity contribution in [1.29, 1.82) is 0 Å². The molecule has 0 fully saturated rings. The van der Waals surface area contributed by atoms with Crippen LogP contribution in [0.25, 0.3) is 0 Å². The summed E-state index contributed by atoms with van der Waals surface area (Å²) in [6.45, 7) is 0.885. The minimum Gasteiger partial charge on any atom is -0.506 e. The quantitative estimate of drug-likeness (QED) is 0.628. The molecule has 0 heterocycles. The number of aromatic hydroxyl groups is 1. The summed E-state index contributed by atoms with van der Waals surface area (Å²) < 4.78 is 0. The van der Waals surface area contributed by atoms with Gasteiger partial charge in [0.05, 0.1) is 5.02 Å². The van der Waals surface area contributed by atoms with Gasteiger partial charge in [-0.3, -0.25) is 0 Å². The van der Waals surface area contributed by atoms with Crippen molar-refractivity contribution in [3.05, 3.63) is 59.1 Å². The molecule has 0 aliphatic carbocycles. The van der Waals surface area contributed by atoms with Crippen LogP contribution in [-0.2, 0) is 6.42 Å². The Balaban J connectivity index is 1.77. The second kappa shape index (κ2) is 6.31. The van der Waals surface area contributed by atoms with Crippen LogP contribution in [0.15, 0.2) is 48.5 Å². The van der Waals surface area contributed by atoms with Gasteiger partial charge in [0.25, 0.3) is 0 Å². The van der Waals surface area contributed by atoms with E-state index in [1.54, 1.807) is 12.1 Å². The summed E-state index contributed by atoms with van der Waals surface area (Å²) in [5, 5.41) is 13.0. The number of benzene rings is 2. The van der Waals surface area contributed by atoms with Gasteiger partial charge in [-0.15, -0.1) is 0 Å². The van der Waals surface area contributed by atoms with Crippen LogP contribution < -0.4 is 5.32 Å². The number of phenolic OH excluding ortho intramolecular Hbond substituents is 1. The summed E-state index contributed by atoms with van der Waals surface area (Å²) in [5.41, 5.74) is 2.29. The third kappa shape index (κ3) is 3.67. The topological polar surface area (TPSA) is 32.3 Å². The van der Waals surface area contributed by atoms with Crippen molar-refractivity contribution in [1.82, 2.24) is 0 Å². The zero-order valence-corrected chi connectivity index (χ0v) is 10.8. The summed E-state index contributed by atoms with van der Waals surface area (Å²) in [5.74, 6) is 0.117. The SMILES string of the molecule is Oc1ccc(NCCCc2ccccc2)cc1Cl. The van der Waals surface area contributed by atoms with E-state index in [0.29, 0.717) is 5.02 Å². The van der Waals surface area contributed by atoms with Crippen molar-refractivity contribution in [2.24, 2.45) is 0 Å². The first-order valence-corrected chi connectivity index (χ1v) is 6.40. The molecule has 2 N–H and O–H groups in total. The number of hydrogen-bond donors (Lipinski definition) is 2. The van der Waals surface area contributed by atoms with E-state index in [9.17, 15) is 5.11 Å². The molecule has 2 aromatic rings. The summed E-state index contributed by atoms with van der Waals surface area (Å²) in [4.78, 5) is 0. The molecule has 2 rings (SSSR count). The highest BCUT2D eigenvalue weighted by atomic mass is 35.5. The molecule has 0 spiro atoms. The van der Waals surface area contributed by atoms with Crippen LogP contribution in [0.5, 0.6) is 5.75 Å². The number of hydrogen-bond acceptors (Lipinski definition) is 2. The number of rotatable bonds is 5. The van der Waals surface area contributed by atoms with Gasteiger partial charge in [-0.25, -0.2) is 0 Å². The highest BCUT2D eigenvalue weighted by Gasteiger charge is 1.99.